The summed E-state index contributed by atoms with van der Waals surface area (Å²) in [6.45, 7) is 7.46. The summed E-state index contributed by atoms with van der Waals surface area (Å²) >= 11 is 0. The van der Waals surface area contributed by atoms with Gasteiger partial charge in [-0.1, -0.05) is 0 Å². The largest absolute Gasteiger partial charge is 0.368 e. The second kappa shape index (κ2) is 7.22. The third-order valence-electron chi connectivity index (χ3n) is 5.00. The van der Waals surface area contributed by atoms with E-state index in [4.69, 9.17) is 0 Å². The van der Waals surface area contributed by atoms with Crippen LogP contribution in [-0.4, -0.2) is 52.7 Å². The van der Waals surface area contributed by atoms with E-state index in [0.717, 1.165) is 5.69 Å². The quantitative estimate of drug-likeness (QED) is 0.507. The average Bonchev–Trinajstić information content (AvgIpc) is 2.95. The van der Waals surface area contributed by atoms with E-state index < -0.39 is 4.92 Å². The fourth-order valence-corrected chi connectivity index (χ4v) is 3.60. The highest BCUT2D eigenvalue weighted by Gasteiger charge is 2.27. The van der Waals surface area contributed by atoms with Crippen LogP contribution in [0.25, 0.3) is 0 Å². The number of aromatic amines is 1. The van der Waals surface area contributed by atoms with Crippen molar-refractivity contribution in [3.05, 3.63) is 56.9 Å². The Kier molecular flexibility index (Phi) is 4.98. The smallest absolute Gasteiger partial charge is 0.270 e. The first-order valence-corrected chi connectivity index (χ1v) is 8.78. The van der Waals surface area contributed by atoms with E-state index in [2.05, 4.69) is 9.88 Å². The number of nitro groups is 1. The van der Waals surface area contributed by atoms with Gasteiger partial charge in [-0.15, -0.1) is 0 Å². The van der Waals surface area contributed by atoms with Crippen molar-refractivity contribution in [1.82, 2.24) is 9.88 Å². The van der Waals surface area contributed by atoms with Gasteiger partial charge in [0.15, 0.2) is 5.78 Å². The van der Waals surface area contributed by atoms with E-state index in [0.29, 0.717) is 48.7 Å². The Hall–Kier alpha value is -3.16. The lowest BCUT2D eigenvalue weighted by atomic mass is 10.1. The first kappa shape index (κ1) is 18.6. The molecule has 1 amide bonds. The Morgan fingerprint density at radius 2 is 1.67 bits per heavy atom. The van der Waals surface area contributed by atoms with Crippen LogP contribution in [0.3, 0.4) is 0 Å². The maximum Gasteiger partial charge on any atom is 0.270 e. The molecule has 142 valence electrons. The number of amides is 1. The molecule has 1 aromatic heterocycles. The van der Waals surface area contributed by atoms with E-state index in [1.165, 1.54) is 19.1 Å². The van der Waals surface area contributed by atoms with Gasteiger partial charge >= 0.3 is 0 Å². The standard InChI is InChI=1S/C19H22N4O4/c1-12-17(14(3)24)13(2)20-18(12)19(25)22-10-8-21(9-11-22)15-4-6-16(7-5-15)23(26)27/h4-7,20H,8-11H2,1-3H3. The van der Waals surface area contributed by atoms with Gasteiger partial charge in [-0.05, 0) is 38.5 Å². The molecule has 1 aliphatic rings. The molecule has 1 aromatic carbocycles. The van der Waals surface area contributed by atoms with Crippen LogP contribution in [0.5, 0.6) is 0 Å². The number of aryl methyl sites for hydroxylation is 1. The van der Waals surface area contributed by atoms with Gasteiger partial charge in [0, 0.05) is 55.3 Å². The van der Waals surface area contributed by atoms with E-state index in [9.17, 15) is 19.7 Å². The minimum atomic E-state index is -0.420. The Balaban J connectivity index is 1.69. The van der Waals surface area contributed by atoms with Crippen molar-refractivity contribution in [2.45, 2.75) is 20.8 Å². The van der Waals surface area contributed by atoms with Gasteiger partial charge in [0.25, 0.3) is 11.6 Å². The summed E-state index contributed by atoms with van der Waals surface area (Å²) in [5, 5.41) is 10.8. The van der Waals surface area contributed by atoms with Crippen LogP contribution in [0.15, 0.2) is 24.3 Å². The van der Waals surface area contributed by atoms with Gasteiger partial charge in [0.2, 0.25) is 0 Å². The topological polar surface area (TPSA) is 99.6 Å². The van der Waals surface area contributed by atoms with Crippen molar-refractivity contribution >= 4 is 23.1 Å². The zero-order chi connectivity index (χ0) is 19.7. The predicted molar refractivity (Wildman–Crippen MR) is 101 cm³/mol. The highest BCUT2D eigenvalue weighted by atomic mass is 16.6. The van der Waals surface area contributed by atoms with E-state index in [1.807, 2.05) is 0 Å². The number of nitrogens with zero attached hydrogens (tertiary/aromatic N) is 3. The van der Waals surface area contributed by atoms with Crippen LogP contribution in [0.1, 0.15) is 39.0 Å². The lowest BCUT2D eigenvalue weighted by molar-refractivity contribution is -0.384. The van der Waals surface area contributed by atoms with Crippen molar-refractivity contribution in [3.63, 3.8) is 0 Å². The molecule has 2 heterocycles. The van der Waals surface area contributed by atoms with Crippen molar-refractivity contribution in [3.8, 4) is 0 Å². The molecule has 27 heavy (non-hydrogen) atoms. The van der Waals surface area contributed by atoms with Crippen LogP contribution in [0, 0.1) is 24.0 Å². The molecule has 0 spiro atoms. The lowest BCUT2D eigenvalue weighted by Crippen LogP contribution is -2.49. The maximum absolute atomic E-state index is 12.9. The maximum atomic E-state index is 12.9. The van der Waals surface area contributed by atoms with Crippen LogP contribution in [0.4, 0.5) is 11.4 Å². The molecule has 0 radical (unpaired) electrons. The second-order valence-corrected chi connectivity index (χ2v) is 6.73. The molecule has 1 N–H and O–H groups in total. The molecule has 1 fully saturated rings. The molecule has 3 rings (SSSR count). The zero-order valence-corrected chi connectivity index (χ0v) is 15.6. The van der Waals surface area contributed by atoms with E-state index in [1.54, 1.807) is 30.9 Å². The summed E-state index contributed by atoms with van der Waals surface area (Å²) in [6, 6.07) is 6.43. The third kappa shape index (κ3) is 3.55. The number of H-pyrrole nitrogens is 1. The van der Waals surface area contributed by atoms with Crippen LogP contribution in [-0.2, 0) is 0 Å². The summed E-state index contributed by atoms with van der Waals surface area (Å²) in [4.78, 5) is 41.9. The summed E-state index contributed by atoms with van der Waals surface area (Å²) < 4.78 is 0. The Labute approximate surface area is 156 Å². The first-order valence-electron chi connectivity index (χ1n) is 8.78. The SMILES string of the molecule is CC(=O)c1c(C)[nH]c(C(=O)N2CCN(c3ccc([N+](=O)[O-])cc3)CC2)c1C. The second-order valence-electron chi connectivity index (χ2n) is 6.73. The number of Topliss-reactive ketones (excluding diaryl/α,β-unsaturated/α-hetero) is 1. The Bertz CT molecular complexity index is 893. The molecule has 1 aliphatic heterocycles. The number of hydrogen-bond donors (Lipinski definition) is 1. The highest BCUT2D eigenvalue weighted by Crippen LogP contribution is 2.23. The molecule has 0 saturated carbocycles. The molecule has 2 aromatic rings. The monoisotopic (exact) mass is 370 g/mol. The van der Waals surface area contributed by atoms with Gasteiger partial charge in [-0.2, -0.15) is 0 Å². The van der Waals surface area contributed by atoms with Crippen molar-refractivity contribution < 1.29 is 14.5 Å². The normalized spacial score (nSPS) is 14.3. The molecule has 8 heteroatoms. The van der Waals surface area contributed by atoms with Gasteiger partial charge in [-0.3, -0.25) is 19.7 Å². The number of nitrogens with one attached hydrogen (secondary N) is 1. The van der Waals surface area contributed by atoms with Crippen molar-refractivity contribution in [1.29, 1.82) is 0 Å². The van der Waals surface area contributed by atoms with Gasteiger partial charge < -0.3 is 14.8 Å². The van der Waals surface area contributed by atoms with Crippen LogP contribution in [0.2, 0.25) is 0 Å². The molecule has 0 unspecified atom stereocenters. The van der Waals surface area contributed by atoms with Gasteiger partial charge in [-0.25, -0.2) is 0 Å². The summed E-state index contributed by atoms with van der Waals surface area (Å²) in [6.07, 6.45) is 0. The number of carbonyl (C=O) groups is 2. The zero-order valence-electron chi connectivity index (χ0n) is 15.6. The Morgan fingerprint density at radius 1 is 1.07 bits per heavy atom. The van der Waals surface area contributed by atoms with E-state index >= 15 is 0 Å². The number of rotatable bonds is 4. The molecular formula is C19H22N4O4. The summed E-state index contributed by atoms with van der Waals surface area (Å²) in [7, 11) is 0. The number of aromatic nitrogens is 1. The fourth-order valence-electron chi connectivity index (χ4n) is 3.60. The Morgan fingerprint density at radius 3 is 2.15 bits per heavy atom. The van der Waals surface area contributed by atoms with E-state index in [-0.39, 0.29) is 17.4 Å². The van der Waals surface area contributed by atoms with Crippen molar-refractivity contribution in [2.75, 3.05) is 31.1 Å². The minimum absolute atomic E-state index is 0.0525. The minimum Gasteiger partial charge on any atom is -0.368 e. The third-order valence-corrected chi connectivity index (χ3v) is 5.00. The number of anilines is 1. The fraction of sp³-hybridized carbons (Fsp3) is 0.368. The average molecular weight is 370 g/mol. The molecule has 0 aliphatic carbocycles. The lowest BCUT2D eigenvalue weighted by Gasteiger charge is -2.36. The number of ketones is 1. The van der Waals surface area contributed by atoms with Gasteiger partial charge in [0.1, 0.15) is 5.69 Å². The molecular weight excluding hydrogens is 348 g/mol. The van der Waals surface area contributed by atoms with Crippen LogP contribution < -0.4 is 4.90 Å². The number of non-ortho nitro benzene ring substituents is 1. The molecule has 8 nitrogen and oxygen atoms in total. The molecule has 0 bridgehead atoms. The number of nitro benzene ring substituents is 1. The highest BCUT2D eigenvalue weighted by molar-refractivity contribution is 6.02. The number of hydrogen-bond acceptors (Lipinski definition) is 5. The van der Waals surface area contributed by atoms with Crippen LogP contribution >= 0.6 is 0 Å². The summed E-state index contributed by atoms with van der Waals surface area (Å²) in [5.41, 5.74) is 3.44. The number of benzene rings is 1. The molecule has 0 atom stereocenters. The number of carbonyl (C=O) groups excluding carboxylic acids is 2. The number of piperazine rings is 1. The predicted octanol–water partition coefficient (Wildman–Crippen LogP) is 2.70. The molecule has 1 saturated heterocycles. The summed E-state index contributed by atoms with van der Waals surface area (Å²) in [5.74, 6) is -0.158. The van der Waals surface area contributed by atoms with Crippen molar-refractivity contribution in [2.24, 2.45) is 0 Å². The van der Waals surface area contributed by atoms with Gasteiger partial charge in [0.05, 0.1) is 4.92 Å². The first-order chi connectivity index (χ1) is 12.8.